The van der Waals surface area contributed by atoms with Gasteiger partial charge in [-0.3, -0.25) is 4.79 Å². The molecular formula is C14H25N3O2. The van der Waals surface area contributed by atoms with Gasteiger partial charge in [0.15, 0.2) is 0 Å². The third-order valence-electron chi connectivity index (χ3n) is 3.90. The van der Waals surface area contributed by atoms with Crippen LogP contribution in [0, 0.1) is 5.41 Å². The predicted octanol–water partition coefficient (Wildman–Crippen LogP) is 1.64. The molecule has 2 atom stereocenters. The van der Waals surface area contributed by atoms with Crippen molar-refractivity contribution < 1.29 is 9.59 Å². The molecule has 0 aromatic carbocycles. The van der Waals surface area contributed by atoms with Crippen LogP contribution in [0.1, 0.15) is 40.0 Å². The predicted molar refractivity (Wildman–Crippen MR) is 75.5 cm³/mol. The lowest BCUT2D eigenvalue weighted by molar-refractivity contribution is -0.140. The number of carbonyl (C=O) groups is 2. The molecule has 0 aromatic rings. The van der Waals surface area contributed by atoms with Crippen LogP contribution in [-0.2, 0) is 4.79 Å². The van der Waals surface area contributed by atoms with Crippen LogP contribution in [0.25, 0.3) is 0 Å². The third kappa shape index (κ3) is 3.72. The highest BCUT2D eigenvalue weighted by Crippen LogP contribution is 2.37. The fourth-order valence-electron chi connectivity index (χ4n) is 2.84. The highest BCUT2D eigenvalue weighted by Gasteiger charge is 2.40. The van der Waals surface area contributed by atoms with Crippen molar-refractivity contribution in [3.8, 4) is 0 Å². The second kappa shape index (κ2) is 6.08. The third-order valence-corrected chi connectivity index (χ3v) is 3.90. The molecule has 1 rings (SSSR count). The van der Waals surface area contributed by atoms with Gasteiger partial charge in [0, 0.05) is 12.6 Å². The molecule has 3 amide bonds. The maximum atomic E-state index is 12.4. The summed E-state index contributed by atoms with van der Waals surface area (Å²) in [5, 5.41) is 2.45. The molecular weight excluding hydrogens is 242 g/mol. The SMILES string of the molecule is C=CCC1N(C(=O)C(C)NC(N)=O)CCCC1(C)C. The lowest BCUT2D eigenvalue weighted by atomic mass is 9.75. The van der Waals surface area contributed by atoms with Crippen LogP contribution in [0.3, 0.4) is 0 Å². The number of nitrogens with two attached hydrogens (primary N) is 1. The Bertz CT molecular complexity index is 366. The minimum atomic E-state index is -0.669. The van der Waals surface area contributed by atoms with Crippen LogP contribution in [0.4, 0.5) is 4.79 Å². The van der Waals surface area contributed by atoms with Gasteiger partial charge in [-0.15, -0.1) is 6.58 Å². The van der Waals surface area contributed by atoms with Crippen molar-refractivity contribution in [2.45, 2.75) is 52.1 Å². The number of hydrogen-bond acceptors (Lipinski definition) is 2. The van der Waals surface area contributed by atoms with Gasteiger partial charge in [0.1, 0.15) is 6.04 Å². The molecule has 0 bridgehead atoms. The van der Waals surface area contributed by atoms with Crippen molar-refractivity contribution in [1.29, 1.82) is 0 Å². The van der Waals surface area contributed by atoms with E-state index >= 15 is 0 Å². The molecule has 5 nitrogen and oxygen atoms in total. The molecule has 19 heavy (non-hydrogen) atoms. The Morgan fingerprint density at radius 3 is 2.74 bits per heavy atom. The zero-order chi connectivity index (χ0) is 14.6. The van der Waals surface area contributed by atoms with Gasteiger partial charge in [-0.2, -0.15) is 0 Å². The molecule has 1 saturated heterocycles. The average Bonchev–Trinajstić information content (AvgIpc) is 2.29. The van der Waals surface area contributed by atoms with E-state index in [0.717, 1.165) is 25.8 Å². The number of nitrogens with zero attached hydrogens (tertiary/aromatic N) is 1. The zero-order valence-corrected chi connectivity index (χ0v) is 12.1. The van der Waals surface area contributed by atoms with E-state index < -0.39 is 12.1 Å². The van der Waals surface area contributed by atoms with Gasteiger partial charge in [-0.25, -0.2) is 4.79 Å². The van der Waals surface area contributed by atoms with Gasteiger partial charge in [0.05, 0.1) is 0 Å². The first kappa shape index (κ1) is 15.5. The summed E-state index contributed by atoms with van der Waals surface area (Å²) in [5.41, 5.74) is 5.13. The molecule has 1 fully saturated rings. The Kier molecular flexibility index (Phi) is 4.97. The van der Waals surface area contributed by atoms with Crippen LogP contribution in [0.5, 0.6) is 0 Å². The normalized spacial score (nSPS) is 23.5. The summed E-state index contributed by atoms with van der Waals surface area (Å²) in [6.45, 7) is 10.5. The fourth-order valence-corrected chi connectivity index (χ4v) is 2.84. The smallest absolute Gasteiger partial charge is 0.312 e. The van der Waals surface area contributed by atoms with Gasteiger partial charge >= 0.3 is 6.03 Å². The second-order valence-electron chi connectivity index (χ2n) is 5.89. The standard InChI is InChI=1S/C14H25N3O2/c1-5-7-11-14(3,4)8-6-9-17(11)12(18)10(2)16-13(15)19/h5,10-11H,1,6-9H2,2-4H3,(H3,15,16,19). The second-order valence-corrected chi connectivity index (χ2v) is 5.89. The van der Waals surface area contributed by atoms with Gasteiger partial charge < -0.3 is 16.0 Å². The Labute approximate surface area is 115 Å². The molecule has 3 N–H and O–H groups in total. The van der Waals surface area contributed by atoms with Gasteiger partial charge in [-0.1, -0.05) is 19.9 Å². The van der Waals surface area contributed by atoms with Crippen LogP contribution in [-0.4, -0.2) is 35.5 Å². The van der Waals surface area contributed by atoms with Gasteiger partial charge in [0.25, 0.3) is 0 Å². The first-order valence-corrected chi connectivity index (χ1v) is 6.77. The van der Waals surface area contributed by atoms with Crippen molar-refractivity contribution >= 4 is 11.9 Å². The van der Waals surface area contributed by atoms with Gasteiger partial charge in [-0.05, 0) is 31.6 Å². The Hall–Kier alpha value is -1.52. The molecule has 1 aliphatic rings. The number of urea groups is 1. The topological polar surface area (TPSA) is 75.4 Å². The maximum Gasteiger partial charge on any atom is 0.312 e. The number of likely N-dealkylation sites (tertiary alicyclic amines) is 1. The van der Waals surface area contributed by atoms with Crippen molar-refractivity contribution in [3.05, 3.63) is 12.7 Å². The molecule has 0 aliphatic carbocycles. The molecule has 1 aliphatic heterocycles. The van der Waals surface area contributed by atoms with E-state index in [1.54, 1.807) is 6.92 Å². The summed E-state index contributed by atoms with van der Waals surface area (Å²) in [6, 6.07) is -1.13. The number of primary amides is 1. The maximum absolute atomic E-state index is 12.4. The van der Waals surface area contributed by atoms with Crippen LogP contribution in [0.15, 0.2) is 12.7 Å². The summed E-state index contributed by atoms with van der Waals surface area (Å²) in [5.74, 6) is -0.0709. The van der Waals surface area contributed by atoms with Crippen molar-refractivity contribution in [1.82, 2.24) is 10.2 Å². The summed E-state index contributed by atoms with van der Waals surface area (Å²) >= 11 is 0. The molecule has 1 heterocycles. The zero-order valence-electron chi connectivity index (χ0n) is 12.1. The van der Waals surface area contributed by atoms with E-state index in [0.29, 0.717) is 0 Å². The van der Waals surface area contributed by atoms with Crippen molar-refractivity contribution in [2.75, 3.05) is 6.54 Å². The van der Waals surface area contributed by atoms with E-state index in [9.17, 15) is 9.59 Å². The Balaban J connectivity index is 2.85. The Morgan fingerprint density at radius 1 is 1.58 bits per heavy atom. The van der Waals surface area contributed by atoms with E-state index in [-0.39, 0.29) is 17.4 Å². The number of amides is 3. The number of piperidine rings is 1. The first-order valence-electron chi connectivity index (χ1n) is 6.77. The monoisotopic (exact) mass is 267 g/mol. The number of rotatable bonds is 4. The van der Waals surface area contributed by atoms with Crippen LogP contribution in [0.2, 0.25) is 0 Å². The van der Waals surface area contributed by atoms with Crippen LogP contribution < -0.4 is 11.1 Å². The lowest BCUT2D eigenvalue weighted by Gasteiger charge is -2.47. The highest BCUT2D eigenvalue weighted by atomic mass is 16.2. The van der Waals surface area contributed by atoms with Gasteiger partial charge in [0.2, 0.25) is 5.91 Å². The number of carbonyl (C=O) groups excluding carboxylic acids is 2. The molecule has 0 aromatic heterocycles. The van der Waals surface area contributed by atoms with E-state index in [1.807, 2.05) is 11.0 Å². The molecule has 0 spiro atoms. The molecule has 0 saturated carbocycles. The summed E-state index contributed by atoms with van der Waals surface area (Å²) < 4.78 is 0. The van der Waals surface area contributed by atoms with Crippen molar-refractivity contribution in [3.63, 3.8) is 0 Å². The van der Waals surface area contributed by atoms with E-state index in [4.69, 9.17) is 5.73 Å². The minimum Gasteiger partial charge on any atom is -0.352 e. The average molecular weight is 267 g/mol. The first-order chi connectivity index (χ1) is 8.79. The fraction of sp³-hybridized carbons (Fsp3) is 0.714. The quantitative estimate of drug-likeness (QED) is 0.760. The number of hydrogen-bond donors (Lipinski definition) is 2. The molecule has 0 radical (unpaired) electrons. The summed E-state index contributed by atoms with van der Waals surface area (Å²) in [6.07, 6.45) is 4.69. The lowest BCUT2D eigenvalue weighted by Crippen LogP contribution is -2.57. The molecule has 2 unspecified atom stereocenters. The Morgan fingerprint density at radius 2 is 2.21 bits per heavy atom. The molecule has 5 heteroatoms. The largest absolute Gasteiger partial charge is 0.352 e. The van der Waals surface area contributed by atoms with E-state index in [2.05, 4.69) is 25.7 Å². The minimum absolute atomic E-state index is 0.0640. The van der Waals surface area contributed by atoms with Crippen molar-refractivity contribution in [2.24, 2.45) is 11.1 Å². The summed E-state index contributed by atoms with van der Waals surface area (Å²) in [4.78, 5) is 25.2. The van der Waals surface area contributed by atoms with E-state index in [1.165, 1.54) is 0 Å². The summed E-state index contributed by atoms with van der Waals surface area (Å²) in [7, 11) is 0. The molecule has 108 valence electrons. The van der Waals surface area contributed by atoms with Crippen LogP contribution >= 0.6 is 0 Å². The number of nitrogens with one attached hydrogen (secondary N) is 1. The highest BCUT2D eigenvalue weighted by molar-refractivity contribution is 5.86.